The van der Waals surface area contributed by atoms with Gasteiger partial charge in [-0.3, -0.25) is 18.9 Å². The fourth-order valence-corrected chi connectivity index (χ4v) is 8.82. The summed E-state index contributed by atoms with van der Waals surface area (Å²) in [5.74, 6) is -0.423. The van der Waals surface area contributed by atoms with Crippen LogP contribution in [-0.2, 0) is 27.2 Å². The number of hydrogen-bond donors (Lipinski definition) is 4. The van der Waals surface area contributed by atoms with Crippen LogP contribution in [0.5, 0.6) is 23.0 Å². The summed E-state index contributed by atoms with van der Waals surface area (Å²) < 4.78 is 50.0. The van der Waals surface area contributed by atoms with E-state index >= 15 is 0 Å². The van der Waals surface area contributed by atoms with E-state index in [1.54, 1.807) is 53.7 Å². The number of phenolic OH excluding ortho intramolecular Hbond substituents is 4. The van der Waals surface area contributed by atoms with Gasteiger partial charge in [-0.15, -0.1) is 0 Å². The lowest BCUT2D eigenvalue weighted by atomic mass is 9.93. The molecule has 3 rings (SSSR count). The van der Waals surface area contributed by atoms with Crippen LogP contribution < -0.4 is 0 Å². The molecule has 14 heteroatoms. The monoisotopic (exact) mass is 630 g/mol. The summed E-state index contributed by atoms with van der Waals surface area (Å²) in [6.07, 6.45) is -0.287. The Hall–Kier alpha value is -2.14. The number of aromatic hydroxyl groups is 4. The maximum Gasteiger partial charge on any atom is 0.344 e. The minimum atomic E-state index is -3.64. The van der Waals surface area contributed by atoms with Crippen LogP contribution in [0.2, 0.25) is 0 Å². The second-order valence-electron chi connectivity index (χ2n) is 10.0. The first-order valence-corrected chi connectivity index (χ1v) is 17.6. The summed E-state index contributed by atoms with van der Waals surface area (Å²) in [6, 6.07) is 4.87. The summed E-state index contributed by atoms with van der Waals surface area (Å²) in [6.45, 7) is 10.9. The molecule has 0 amide bonds. The maximum atomic E-state index is 13.8. The Morgan fingerprint density at radius 3 is 1.24 bits per heavy atom. The van der Waals surface area contributed by atoms with Crippen LogP contribution in [0.15, 0.2) is 24.3 Å². The number of nitrogens with zero attached hydrogens (tertiary/aromatic N) is 2. The number of hydrogen-bond acceptors (Lipinski definition) is 12. The number of piperazine rings is 1. The van der Waals surface area contributed by atoms with Crippen LogP contribution in [0, 0.1) is 13.8 Å². The first-order chi connectivity index (χ1) is 19.8. The molecule has 1 fully saturated rings. The van der Waals surface area contributed by atoms with Crippen molar-refractivity contribution in [3.63, 3.8) is 0 Å². The number of rotatable bonds is 14. The Bertz CT molecular complexity index is 1200. The molecule has 0 radical (unpaired) electrons. The standard InChI is InChI=1S/C28H44N2O10P2/c1-7-37-41(35,38-8-2)17-29-15-24(22-12-14-26(32)20(6)28(22)34)30(18-42(36,39-9-3)40-10-4)16-23(29)21-11-13-25(31)19(5)27(21)33/h11-14,23-24,31-34H,7-10,15-18H2,1-6H3. The molecule has 0 aliphatic carbocycles. The second-order valence-corrected chi connectivity index (χ2v) is 14.1. The molecule has 0 saturated carbocycles. The van der Waals surface area contributed by atoms with E-state index < -0.39 is 27.3 Å². The van der Waals surface area contributed by atoms with Gasteiger partial charge in [0, 0.05) is 35.3 Å². The normalized spacial score (nSPS) is 18.9. The topological polar surface area (TPSA) is 158 Å². The third-order valence-corrected chi connectivity index (χ3v) is 11.3. The van der Waals surface area contributed by atoms with Gasteiger partial charge in [0.1, 0.15) is 35.6 Å². The van der Waals surface area contributed by atoms with E-state index in [-0.39, 0.29) is 86.2 Å². The van der Waals surface area contributed by atoms with Gasteiger partial charge < -0.3 is 38.5 Å². The molecular weight excluding hydrogens is 586 g/mol. The van der Waals surface area contributed by atoms with Crippen molar-refractivity contribution < 1.29 is 47.7 Å². The van der Waals surface area contributed by atoms with E-state index in [2.05, 4.69) is 0 Å². The highest BCUT2D eigenvalue weighted by atomic mass is 31.2. The molecule has 0 bridgehead atoms. The summed E-state index contributed by atoms with van der Waals surface area (Å²) >= 11 is 0. The molecule has 0 spiro atoms. The van der Waals surface area contributed by atoms with Crippen LogP contribution in [0.25, 0.3) is 0 Å². The van der Waals surface area contributed by atoms with Gasteiger partial charge >= 0.3 is 15.2 Å². The molecule has 0 aromatic heterocycles. The molecule has 2 aromatic rings. The van der Waals surface area contributed by atoms with Gasteiger partial charge in [0.05, 0.1) is 38.5 Å². The molecule has 1 aliphatic rings. The van der Waals surface area contributed by atoms with Crippen LogP contribution in [0.1, 0.15) is 62.0 Å². The largest absolute Gasteiger partial charge is 0.508 e. The van der Waals surface area contributed by atoms with Gasteiger partial charge in [0.2, 0.25) is 0 Å². The van der Waals surface area contributed by atoms with Crippen molar-refractivity contribution in [2.24, 2.45) is 0 Å². The molecule has 42 heavy (non-hydrogen) atoms. The van der Waals surface area contributed by atoms with E-state index in [0.29, 0.717) is 11.1 Å². The zero-order valence-electron chi connectivity index (χ0n) is 25.1. The Morgan fingerprint density at radius 1 is 0.643 bits per heavy atom. The van der Waals surface area contributed by atoms with E-state index in [1.165, 1.54) is 12.1 Å². The average molecular weight is 631 g/mol. The SMILES string of the molecule is CCOP(=O)(CN1CC(c2ccc(O)c(C)c2O)N(CP(=O)(OCC)OCC)CC1c1ccc(O)c(C)c1O)OCC. The molecule has 2 unspecified atom stereocenters. The molecule has 1 saturated heterocycles. The predicted octanol–water partition coefficient (Wildman–Crippen LogP) is 5.97. The summed E-state index contributed by atoms with van der Waals surface area (Å²) in [7, 11) is -7.28. The minimum absolute atomic E-state index is 0.0793. The minimum Gasteiger partial charge on any atom is -0.508 e. The zero-order valence-corrected chi connectivity index (χ0v) is 26.9. The Morgan fingerprint density at radius 2 is 0.952 bits per heavy atom. The summed E-state index contributed by atoms with van der Waals surface area (Å²) in [4.78, 5) is 3.68. The van der Waals surface area contributed by atoms with Crippen molar-refractivity contribution >= 4 is 15.2 Å². The second kappa shape index (κ2) is 14.6. The van der Waals surface area contributed by atoms with Crippen molar-refractivity contribution in [3.8, 4) is 23.0 Å². The Kier molecular flexibility index (Phi) is 11.9. The highest BCUT2D eigenvalue weighted by Gasteiger charge is 2.44. The van der Waals surface area contributed by atoms with Gasteiger partial charge in [-0.05, 0) is 53.7 Å². The summed E-state index contributed by atoms with van der Waals surface area (Å²) in [5, 5.41) is 42.7. The van der Waals surface area contributed by atoms with Crippen molar-refractivity contribution in [3.05, 3.63) is 46.5 Å². The van der Waals surface area contributed by atoms with Gasteiger partial charge in [-0.1, -0.05) is 12.1 Å². The lowest BCUT2D eigenvalue weighted by Gasteiger charge is -2.47. The highest BCUT2D eigenvalue weighted by Crippen LogP contribution is 2.55. The van der Waals surface area contributed by atoms with E-state index in [9.17, 15) is 29.6 Å². The van der Waals surface area contributed by atoms with Gasteiger partial charge in [-0.2, -0.15) is 0 Å². The molecule has 2 atom stereocenters. The number of phenols is 4. The first kappa shape index (κ1) is 34.4. The number of benzene rings is 2. The van der Waals surface area contributed by atoms with Crippen LogP contribution in [-0.4, -0.2) is 82.3 Å². The maximum absolute atomic E-state index is 13.8. The quantitative estimate of drug-likeness (QED) is 0.181. The Labute approximate surface area is 247 Å². The molecule has 12 nitrogen and oxygen atoms in total. The molecule has 1 aliphatic heterocycles. The fraction of sp³-hybridized carbons (Fsp3) is 0.571. The van der Waals surface area contributed by atoms with E-state index in [1.807, 2.05) is 9.80 Å². The fourth-order valence-electron chi connectivity index (χ4n) is 5.26. The van der Waals surface area contributed by atoms with Crippen molar-refractivity contribution in [2.75, 3.05) is 52.1 Å². The predicted molar refractivity (Wildman–Crippen MR) is 159 cm³/mol. The van der Waals surface area contributed by atoms with Crippen molar-refractivity contribution in [1.82, 2.24) is 9.80 Å². The molecule has 1 heterocycles. The van der Waals surface area contributed by atoms with Crippen LogP contribution in [0.3, 0.4) is 0 Å². The lowest BCUT2D eigenvalue weighted by Crippen LogP contribution is -2.50. The van der Waals surface area contributed by atoms with Gasteiger partial charge in [-0.25, -0.2) is 0 Å². The molecule has 2 aromatic carbocycles. The smallest absolute Gasteiger partial charge is 0.344 e. The van der Waals surface area contributed by atoms with Gasteiger partial charge in [0.25, 0.3) is 0 Å². The summed E-state index contributed by atoms with van der Waals surface area (Å²) in [5.41, 5.74) is 1.45. The molecule has 236 valence electrons. The van der Waals surface area contributed by atoms with Gasteiger partial charge in [0.15, 0.2) is 0 Å². The van der Waals surface area contributed by atoms with E-state index in [4.69, 9.17) is 18.1 Å². The van der Waals surface area contributed by atoms with Crippen LogP contribution in [0.4, 0.5) is 0 Å². The lowest BCUT2D eigenvalue weighted by molar-refractivity contribution is 0.0356. The first-order valence-electron chi connectivity index (χ1n) is 14.1. The third-order valence-electron chi connectivity index (χ3n) is 7.29. The average Bonchev–Trinajstić information content (AvgIpc) is 2.92. The van der Waals surface area contributed by atoms with Crippen LogP contribution >= 0.6 is 15.2 Å². The third kappa shape index (κ3) is 7.68. The van der Waals surface area contributed by atoms with Crippen molar-refractivity contribution in [1.29, 1.82) is 0 Å². The van der Waals surface area contributed by atoms with E-state index in [0.717, 1.165) is 0 Å². The highest BCUT2D eigenvalue weighted by molar-refractivity contribution is 7.54. The zero-order chi connectivity index (χ0) is 31.2. The molecule has 4 N–H and O–H groups in total. The molecular formula is C28H44N2O10P2. The Balaban J connectivity index is 2.21. The van der Waals surface area contributed by atoms with Crippen molar-refractivity contribution in [2.45, 2.75) is 53.6 Å².